The summed E-state index contributed by atoms with van der Waals surface area (Å²) in [5.41, 5.74) is 2.56. The van der Waals surface area contributed by atoms with Crippen molar-refractivity contribution in [2.75, 3.05) is 5.33 Å². The molecule has 0 bridgehead atoms. The third kappa shape index (κ3) is 4.17. The summed E-state index contributed by atoms with van der Waals surface area (Å²) in [4.78, 5) is 1.03. The van der Waals surface area contributed by atoms with E-state index in [-0.39, 0.29) is 0 Å². The van der Waals surface area contributed by atoms with Gasteiger partial charge in [0.2, 0.25) is 0 Å². The minimum Gasteiger partial charge on any atom is -0.0879 e. The first kappa shape index (κ1) is 13.1. The zero-order chi connectivity index (χ0) is 11.3. The Morgan fingerprint density at radius 3 is 2.73 bits per heavy atom. The first-order valence-electron chi connectivity index (χ1n) is 4.48. The lowest BCUT2D eigenvalue weighted by molar-refractivity contribution is 1.21. The second kappa shape index (κ2) is 6.56. The van der Waals surface area contributed by atoms with Crippen molar-refractivity contribution in [3.05, 3.63) is 57.3 Å². The summed E-state index contributed by atoms with van der Waals surface area (Å²) < 4.78 is 0.888. The van der Waals surface area contributed by atoms with Gasteiger partial charge in [-0.3, -0.25) is 0 Å². The van der Waals surface area contributed by atoms with E-state index in [9.17, 15) is 0 Å². The van der Waals surface area contributed by atoms with Gasteiger partial charge in [-0.2, -0.15) is 0 Å². The van der Waals surface area contributed by atoms with Crippen molar-refractivity contribution >= 4 is 43.6 Å². The van der Waals surface area contributed by atoms with Gasteiger partial charge in [0, 0.05) is 14.0 Å². The summed E-state index contributed by atoms with van der Waals surface area (Å²) in [6, 6.07) is 0. The van der Waals surface area contributed by atoms with Crippen molar-refractivity contribution in [3.63, 3.8) is 0 Å². The van der Waals surface area contributed by atoms with E-state index in [0.29, 0.717) is 0 Å². The van der Waals surface area contributed by atoms with Gasteiger partial charge in [0.15, 0.2) is 0 Å². The Balaban J connectivity index is 2.93. The summed E-state index contributed by atoms with van der Waals surface area (Å²) in [6.45, 7) is 7.88. The van der Waals surface area contributed by atoms with Crippen LogP contribution in [0.4, 0.5) is 0 Å². The average molecular weight is 348 g/mol. The van der Waals surface area contributed by atoms with Crippen LogP contribution in [0.5, 0.6) is 0 Å². The van der Waals surface area contributed by atoms with E-state index in [1.165, 1.54) is 11.1 Å². The highest BCUT2D eigenvalue weighted by molar-refractivity contribution is 9.14. The molecule has 0 aromatic heterocycles. The summed E-state index contributed by atoms with van der Waals surface area (Å²) >= 11 is 8.41. The molecule has 0 nitrogen and oxygen atoms in total. The maximum atomic E-state index is 4.07. The van der Waals surface area contributed by atoms with Crippen molar-refractivity contribution in [2.24, 2.45) is 0 Å². The van der Waals surface area contributed by atoms with Gasteiger partial charge in [0.25, 0.3) is 0 Å². The fourth-order valence-corrected chi connectivity index (χ4v) is 2.98. The van der Waals surface area contributed by atoms with Gasteiger partial charge >= 0.3 is 0 Å². The highest BCUT2D eigenvalue weighted by Crippen LogP contribution is 2.35. The molecule has 0 radical (unpaired) electrons. The molecule has 0 spiro atoms. The maximum Gasteiger partial charge on any atom is 0.0479 e. The Labute approximate surface area is 112 Å². The molecule has 0 saturated heterocycles. The van der Waals surface area contributed by atoms with Crippen LogP contribution < -0.4 is 0 Å². The van der Waals surface area contributed by atoms with Crippen LogP contribution in [-0.4, -0.2) is 5.33 Å². The molecule has 0 fully saturated rings. The first-order valence-corrected chi connectivity index (χ1v) is 7.21. The van der Waals surface area contributed by atoms with Gasteiger partial charge in [0.05, 0.1) is 0 Å². The Morgan fingerprint density at radius 2 is 2.13 bits per heavy atom. The van der Waals surface area contributed by atoms with Crippen LogP contribution in [0, 0.1) is 0 Å². The lowest BCUT2D eigenvalue weighted by Gasteiger charge is -2.10. The van der Waals surface area contributed by atoms with Gasteiger partial charge in [-0.25, -0.2) is 0 Å². The predicted octanol–water partition coefficient (Wildman–Crippen LogP) is 5.31. The highest BCUT2D eigenvalue weighted by Gasteiger charge is 2.08. The number of hydrogen-bond donors (Lipinski definition) is 0. The second-order valence-corrected chi connectivity index (χ2v) is 6.26. The molecule has 1 aliphatic carbocycles. The van der Waals surface area contributed by atoms with Crippen LogP contribution in [0.3, 0.4) is 0 Å². The van der Waals surface area contributed by atoms with E-state index >= 15 is 0 Å². The summed E-state index contributed by atoms with van der Waals surface area (Å²) in [5, 5.41) is 0.880. The quantitative estimate of drug-likeness (QED) is 0.621. The van der Waals surface area contributed by atoms with Crippen LogP contribution in [0.2, 0.25) is 0 Å². The van der Waals surface area contributed by atoms with Crippen molar-refractivity contribution in [3.8, 4) is 0 Å². The molecule has 15 heavy (non-hydrogen) atoms. The van der Waals surface area contributed by atoms with E-state index in [0.717, 1.165) is 20.5 Å². The van der Waals surface area contributed by atoms with Crippen LogP contribution in [0.15, 0.2) is 57.3 Å². The molecular weight excluding hydrogens is 336 g/mol. The zero-order valence-corrected chi connectivity index (χ0v) is 12.3. The maximum absolute atomic E-state index is 4.07. The molecule has 0 aromatic rings. The SMILES string of the molecule is C=C(Br)SC(=C)C1=C(CBr)CC=CC=C1. The van der Waals surface area contributed by atoms with Crippen molar-refractivity contribution in [1.29, 1.82) is 0 Å². The van der Waals surface area contributed by atoms with Crippen LogP contribution in [-0.2, 0) is 0 Å². The summed E-state index contributed by atoms with van der Waals surface area (Å²) in [6.07, 6.45) is 9.35. The number of rotatable bonds is 4. The molecule has 0 aliphatic heterocycles. The minimum absolute atomic E-state index is 0.880. The third-order valence-electron chi connectivity index (χ3n) is 1.95. The van der Waals surface area contributed by atoms with Crippen molar-refractivity contribution < 1.29 is 0 Å². The Morgan fingerprint density at radius 1 is 1.40 bits per heavy atom. The number of allylic oxidation sites excluding steroid dienone is 6. The average Bonchev–Trinajstić information content (AvgIpc) is 2.40. The highest BCUT2D eigenvalue weighted by atomic mass is 79.9. The van der Waals surface area contributed by atoms with Crippen LogP contribution in [0.1, 0.15) is 6.42 Å². The van der Waals surface area contributed by atoms with Gasteiger partial charge in [0.1, 0.15) is 0 Å². The molecular formula is C12H12Br2S. The first-order chi connectivity index (χ1) is 7.15. The zero-order valence-electron chi connectivity index (χ0n) is 8.30. The molecule has 0 unspecified atom stereocenters. The lowest BCUT2D eigenvalue weighted by atomic mass is 10.1. The Kier molecular flexibility index (Phi) is 5.72. The molecule has 0 aromatic carbocycles. The summed E-state index contributed by atoms with van der Waals surface area (Å²) in [7, 11) is 0. The molecule has 3 heteroatoms. The van der Waals surface area contributed by atoms with Crippen molar-refractivity contribution in [2.45, 2.75) is 6.42 Å². The fourth-order valence-electron chi connectivity index (χ4n) is 1.27. The molecule has 80 valence electrons. The predicted molar refractivity (Wildman–Crippen MR) is 78.5 cm³/mol. The summed E-state index contributed by atoms with van der Waals surface area (Å²) in [5.74, 6) is 0. The monoisotopic (exact) mass is 346 g/mol. The number of halogens is 2. The van der Waals surface area contributed by atoms with E-state index in [1.807, 2.05) is 6.08 Å². The standard InChI is InChI=1S/C12H12Br2S/c1-9(15-10(2)14)12-7-5-3-4-6-11(12)8-13/h3-5,7H,1-2,6,8H2. The fraction of sp³-hybridized carbons (Fsp3) is 0.167. The van der Waals surface area contributed by atoms with E-state index < -0.39 is 0 Å². The molecule has 0 N–H and O–H groups in total. The van der Waals surface area contributed by atoms with Crippen LogP contribution >= 0.6 is 43.6 Å². The van der Waals surface area contributed by atoms with Crippen LogP contribution in [0.25, 0.3) is 0 Å². The van der Waals surface area contributed by atoms with E-state index in [4.69, 9.17) is 0 Å². The molecule has 0 heterocycles. The number of thioether (sulfide) groups is 1. The van der Waals surface area contributed by atoms with Gasteiger partial charge in [-0.1, -0.05) is 65.2 Å². The lowest BCUT2D eigenvalue weighted by Crippen LogP contribution is -1.91. The minimum atomic E-state index is 0.880. The third-order valence-corrected chi connectivity index (χ3v) is 3.80. The van der Waals surface area contributed by atoms with Crippen molar-refractivity contribution in [1.82, 2.24) is 0 Å². The molecule has 1 rings (SSSR count). The second-order valence-electron chi connectivity index (χ2n) is 3.02. The Bertz CT molecular complexity index is 362. The normalized spacial score (nSPS) is 15.3. The Hall–Kier alpha value is 0.01000. The van der Waals surface area contributed by atoms with Gasteiger partial charge in [-0.15, -0.1) is 0 Å². The van der Waals surface area contributed by atoms with E-state index in [1.54, 1.807) is 11.8 Å². The smallest absolute Gasteiger partial charge is 0.0479 e. The topological polar surface area (TPSA) is 0 Å². The number of hydrogen-bond acceptors (Lipinski definition) is 1. The molecule has 0 saturated carbocycles. The van der Waals surface area contributed by atoms with Gasteiger partial charge in [-0.05, 0) is 33.5 Å². The largest absolute Gasteiger partial charge is 0.0879 e. The molecule has 0 atom stereocenters. The number of alkyl halides is 1. The van der Waals surface area contributed by atoms with E-state index in [2.05, 4.69) is 63.2 Å². The molecule has 1 aliphatic rings. The molecule has 0 amide bonds. The van der Waals surface area contributed by atoms with Gasteiger partial charge < -0.3 is 0 Å².